The third-order valence-corrected chi connectivity index (χ3v) is 6.80. The zero-order valence-corrected chi connectivity index (χ0v) is 20.1. The van der Waals surface area contributed by atoms with Gasteiger partial charge in [-0.3, -0.25) is 9.78 Å². The molecule has 2 aromatic heterocycles. The monoisotopic (exact) mass is 472 g/mol. The number of nitrogens with zero attached hydrogens (tertiary/aromatic N) is 2. The number of hydrogen-bond acceptors (Lipinski definition) is 5. The van der Waals surface area contributed by atoms with E-state index in [1.165, 1.54) is 12.3 Å². The molecule has 33 heavy (non-hydrogen) atoms. The Morgan fingerprint density at radius 1 is 1.12 bits per heavy atom. The number of rotatable bonds is 4. The van der Waals surface area contributed by atoms with Gasteiger partial charge in [-0.1, -0.05) is 20.8 Å². The highest BCUT2D eigenvalue weighted by Crippen LogP contribution is 2.34. The van der Waals surface area contributed by atoms with Crippen LogP contribution in [0.15, 0.2) is 41.5 Å². The summed E-state index contributed by atoms with van der Waals surface area (Å²) < 4.78 is 39.7. The predicted molar refractivity (Wildman–Crippen MR) is 130 cm³/mol. The number of piperidine rings is 1. The van der Waals surface area contributed by atoms with Crippen LogP contribution in [0.3, 0.4) is 0 Å². The largest absolute Gasteiger partial charge is 0.370 e. The highest BCUT2D eigenvalue weighted by molar-refractivity contribution is 7.88. The number of nitrogens with one attached hydrogen (secondary N) is 2. The predicted octanol–water partition coefficient (Wildman–Crippen LogP) is 3.54. The molecule has 7 nitrogen and oxygen atoms in total. The summed E-state index contributed by atoms with van der Waals surface area (Å²) in [5.41, 5.74) is 2.88. The second-order valence-corrected chi connectivity index (χ2v) is 11.5. The van der Waals surface area contributed by atoms with E-state index in [4.69, 9.17) is 0 Å². The quantitative estimate of drug-likeness (QED) is 0.606. The van der Waals surface area contributed by atoms with Gasteiger partial charge in [0.05, 0.1) is 29.2 Å². The summed E-state index contributed by atoms with van der Waals surface area (Å²) >= 11 is 0. The van der Waals surface area contributed by atoms with Gasteiger partial charge in [-0.2, -0.15) is 0 Å². The molecule has 0 spiro atoms. The molecule has 176 valence electrons. The zero-order valence-electron chi connectivity index (χ0n) is 19.3. The van der Waals surface area contributed by atoms with Crippen molar-refractivity contribution in [3.63, 3.8) is 0 Å². The first kappa shape index (κ1) is 23.4. The molecule has 2 N–H and O–H groups in total. The van der Waals surface area contributed by atoms with E-state index in [-0.39, 0.29) is 22.6 Å². The first-order valence-electron chi connectivity index (χ1n) is 11.0. The van der Waals surface area contributed by atoms with Crippen molar-refractivity contribution < 1.29 is 12.8 Å². The molecule has 0 bridgehead atoms. The van der Waals surface area contributed by atoms with Gasteiger partial charge in [0.25, 0.3) is 5.56 Å². The molecule has 1 fully saturated rings. The molecule has 1 saturated heterocycles. The summed E-state index contributed by atoms with van der Waals surface area (Å²) in [5.74, 6) is -0.513. The summed E-state index contributed by atoms with van der Waals surface area (Å²) in [6.07, 6.45) is 5.41. The van der Waals surface area contributed by atoms with E-state index in [1.54, 1.807) is 6.20 Å². The lowest BCUT2D eigenvalue weighted by molar-refractivity contribution is 0.461. The Kier molecular flexibility index (Phi) is 6.05. The number of pyridine rings is 2. The van der Waals surface area contributed by atoms with Crippen LogP contribution in [-0.4, -0.2) is 43.8 Å². The van der Waals surface area contributed by atoms with Crippen molar-refractivity contribution in [1.29, 1.82) is 0 Å². The van der Waals surface area contributed by atoms with Gasteiger partial charge in [-0.05, 0) is 48.1 Å². The minimum atomic E-state index is -3.23. The van der Waals surface area contributed by atoms with E-state index < -0.39 is 15.8 Å². The molecule has 0 saturated carbocycles. The van der Waals surface area contributed by atoms with Crippen LogP contribution in [0, 0.1) is 5.82 Å². The molecule has 0 unspecified atom stereocenters. The molecule has 3 aromatic rings. The minimum absolute atomic E-state index is 0.0662. The van der Waals surface area contributed by atoms with Crippen molar-refractivity contribution in [2.45, 2.75) is 45.1 Å². The van der Waals surface area contributed by atoms with Gasteiger partial charge in [0, 0.05) is 36.3 Å². The Morgan fingerprint density at radius 3 is 2.45 bits per heavy atom. The SMILES string of the molecule is CC(C)(C)c1cc(-c2cc(F)c[nH]c2=O)c2ncc(N3CCC(NS(C)(=O)=O)CC3)cc2c1. The number of halogens is 1. The van der Waals surface area contributed by atoms with Crippen molar-refractivity contribution in [1.82, 2.24) is 14.7 Å². The molecule has 0 radical (unpaired) electrons. The lowest BCUT2D eigenvalue weighted by Gasteiger charge is -2.33. The van der Waals surface area contributed by atoms with Gasteiger partial charge in [0.1, 0.15) is 5.82 Å². The van der Waals surface area contributed by atoms with Crippen LogP contribution >= 0.6 is 0 Å². The maximum Gasteiger partial charge on any atom is 0.256 e. The van der Waals surface area contributed by atoms with Crippen molar-refractivity contribution in [2.75, 3.05) is 24.2 Å². The lowest BCUT2D eigenvalue weighted by atomic mass is 9.84. The van der Waals surface area contributed by atoms with Crippen LogP contribution in [0.2, 0.25) is 0 Å². The van der Waals surface area contributed by atoms with Crippen LogP contribution in [0.25, 0.3) is 22.0 Å². The standard InChI is InChI=1S/C24H29FN4O3S/c1-24(2,3)16-9-15-10-19(29-7-5-18(6-8-29)28-33(4,31)32)14-26-22(15)20(11-16)21-12-17(25)13-27-23(21)30/h9-14,18,28H,5-8H2,1-4H3,(H,27,30). The summed E-state index contributed by atoms with van der Waals surface area (Å²) in [4.78, 5) is 21.8. The first-order valence-corrected chi connectivity index (χ1v) is 12.8. The Balaban J connectivity index is 1.75. The third kappa shape index (κ3) is 5.25. The van der Waals surface area contributed by atoms with Gasteiger partial charge in [-0.15, -0.1) is 0 Å². The smallest absolute Gasteiger partial charge is 0.256 e. The third-order valence-electron chi connectivity index (χ3n) is 6.03. The number of H-pyrrole nitrogens is 1. The van der Waals surface area contributed by atoms with E-state index in [0.29, 0.717) is 37.0 Å². The normalized spacial score (nSPS) is 15.8. The highest BCUT2D eigenvalue weighted by Gasteiger charge is 2.23. The van der Waals surface area contributed by atoms with Crippen LogP contribution in [-0.2, 0) is 15.4 Å². The van der Waals surface area contributed by atoms with Gasteiger partial charge in [0.15, 0.2) is 0 Å². The van der Waals surface area contributed by atoms with Gasteiger partial charge < -0.3 is 9.88 Å². The number of aromatic amines is 1. The molecule has 0 aliphatic carbocycles. The number of sulfonamides is 1. The second-order valence-electron chi connectivity index (χ2n) is 9.75. The fourth-order valence-corrected chi connectivity index (χ4v) is 5.11. The first-order chi connectivity index (χ1) is 15.4. The molecule has 3 heterocycles. The summed E-state index contributed by atoms with van der Waals surface area (Å²) in [5, 5.41) is 0.870. The maximum absolute atomic E-state index is 14.0. The summed E-state index contributed by atoms with van der Waals surface area (Å²) in [7, 11) is -3.23. The Labute approximate surface area is 193 Å². The zero-order chi connectivity index (χ0) is 24.0. The Bertz CT molecular complexity index is 1350. The summed E-state index contributed by atoms with van der Waals surface area (Å²) in [6.45, 7) is 7.67. The maximum atomic E-state index is 14.0. The lowest BCUT2D eigenvalue weighted by Crippen LogP contribution is -2.44. The topological polar surface area (TPSA) is 95.2 Å². The van der Waals surface area contributed by atoms with E-state index in [9.17, 15) is 17.6 Å². The molecule has 4 rings (SSSR count). The van der Waals surface area contributed by atoms with Gasteiger partial charge in [-0.25, -0.2) is 17.5 Å². The molecule has 0 atom stereocenters. The van der Waals surface area contributed by atoms with Crippen LogP contribution < -0.4 is 15.2 Å². The van der Waals surface area contributed by atoms with Crippen molar-refractivity contribution in [2.24, 2.45) is 0 Å². The summed E-state index contributed by atoms with van der Waals surface area (Å²) in [6, 6.07) is 7.21. The average Bonchev–Trinajstić information content (AvgIpc) is 2.73. The molecule has 0 amide bonds. The number of benzene rings is 1. The number of anilines is 1. The second kappa shape index (κ2) is 8.53. The molecular formula is C24H29FN4O3S. The number of fused-ring (bicyclic) bond motifs is 1. The highest BCUT2D eigenvalue weighted by atomic mass is 32.2. The molecule has 9 heteroatoms. The number of aromatic nitrogens is 2. The van der Waals surface area contributed by atoms with Crippen LogP contribution in [0.4, 0.5) is 10.1 Å². The Morgan fingerprint density at radius 2 is 1.82 bits per heavy atom. The van der Waals surface area contributed by atoms with Crippen LogP contribution in [0.1, 0.15) is 39.2 Å². The molecule has 1 aromatic carbocycles. The Hall–Kier alpha value is -2.78. The van der Waals surface area contributed by atoms with E-state index in [0.717, 1.165) is 22.8 Å². The van der Waals surface area contributed by atoms with Crippen molar-refractivity contribution in [3.8, 4) is 11.1 Å². The fourth-order valence-electron chi connectivity index (χ4n) is 4.27. The molecule has 1 aliphatic rings. The van der Waals surface area contributed by atoms with E-state index in [1.807, 2.05) is 12.1 Å². The van der Waals surface area contributed by atoms with Gasteiger partial charge >= 0.3 is 0 Å². The number of hydrogen-bond donors (Lipinski definition) is 2. The molecule has 1 aliphatic heterocycles. The van der Waals surface area contributed by atoms with Crippen molar-refractivity contribution >= 4 is 26.6 Å². The average molecular weight is 473 g/mol. The van der Waals surface area contributed by atoms with Gasteiger partial charge in [0.2, 0.25) is 10.0 Å². The van der Waals surface area contributed by atoms with Crippen molar-refractivity contribution in [3.05, 3.63) is 58.4 Å². The van der Waals surface area contributed by atoms with E-state index in [2.05, 4.69) is 46.4 Å². The van der Waals surface area contributed by atoms with Crippen LogP contribution in [0.5, 0.6) is 0 Å². The fraction of sp³-hybridized carbons (Fsp3) is 0.417. The molecular weight excluding hydrogens is 443 g/mol. The minimum Gasteiger partial charge on any atom is -0.370 e. The van der Waals surface area contributed by atoms with E-state index >= 15 is 0 Å².